The number of aromatic nitrogens is 1. The maximum absolute atomic E-state index is 12.5. The molecule has 29 heavy (non-hydrogen) atoms. The number of carbonyl (C=O) groups is 1. The average Bonchev–Trinajstić information content (AvgIpc) is 3.19. The van der Waals surface area contributed by atoms with Crippen LogP contribution in [0.5, 0.6) is 11.5 Å². The van der Waals surface area contributed by atoms with E-state index >= 15 is 0 Å². The molecule has 1 aromatic heterocycles. The summed E-state index contributed by atoms with van der Waals surface area (Å²) >= 11 is 1.64. The standard InChI is InChI=1S/C24H21NO3S/c1-2-3-15-27-19-7-6-8-20(16-19)28-24(26)18-13-11-17(12-14-18)23-25-21-9-4-5-10-22(21)29-23/h4-14,16H,2-3,15H2,1H3. The fourth-order valence-electron chi connectivity index (χ4n) is 2.87. The normalized spacial score (nSPS) is 10.8. The fourth-order valence-corrected chi connectivity index (χ4v) is 3.84. The quantitative estimate of drug-likeness (QED) is 0.205. The highest BCUT2D eigenvalue weighted by atomic mass is 32.1. The van der Waals surface area contributed by atoms with Crippen molar-refractivity contribution in [1.82, 2.24) is 4.98 Å². The van der Waals surface area contributed by atoms with Crippen LogP contribution in [0.1, 0.15) is 30.1 Å². The average molecular weight is 404 g/mol. The number of fused-ring (bicyclic) bond motifs is 1. The summed E-state index contributed by atoms with van der Waals surface area (Å²) in [4.78, 5) is 17.2. The van der Waals surface area contributed by atoms with E-state index in [4.69, 9.17) is 9.47 Å². The lowest BCUT2D eigenvalue weighted by atomic mass is 10.1. The fraction of sp³-hybridized carbons (Fsp3) is 0.167. The van der Waals surface area contributed by atoms with Crippen molar-refractivity contribution in [3.63, 3.8) is 0 Å². The number of carbonyl (C=O) groups excluding carboxylic acids is 1. The van der Waals surface area contributed by atoms with E-state index < -0.39 is 5.97 Å². The number of unbranched alkanes of at least 4 members (excludes halogenated alkanes) is 1. The number of ether oxygens (including phenoxy) is 2. The number of nitrogens with zero attached hydrogens (tertiary/aromatic N) is 1. The number of thiazole rings is 1. The van der Waals surface area contributed by atoms with Gasteiger partial charge in [-0.2, -0.15) is 0 Å². The van der Waals surface area contributed by atoms with Crippen molar-refractivity contribution in [2.75, 3.05) is 6.61 Å². The third-order valence-corrected chi connectivity index (χ3v) is 5.53. The van der Waals surface area contributed by atoms with Crippen LogP contribution in [0.3, 0.4) is 0 Å². The molecule has 5 heteroatoms. The lowest BCUT2D eigenvalue weighted by Gasteiger charge is -2.08. The van der Waals surface area contributed by atoms with Gasteiger partial charge in [0.05, 0.1) is 22.4 Å². The number of benzene rings is 3. The molecule has 0 radical (unpaired) electrons. The van der Waals surface area contributed by atoms with Crippen molar-refractivity contribution in [2.45, 2.75) is 19.8 Å². The van der Waals surface area contributed by atoms with Crippen LogP contribution in [0, 0.1) is 0 Å². The molecule has 4 aromatic rings. The monoisotopic (exact) mass is 403 g/mol. The minimum atomic E-state index is -0.397. The predicted molar refractivity (Wildman–Crippen MR) is 117 cm³/mol. The van der Waals surface area contributed by atoms with Gasteiger partial charge in [0.25, 0.3) is 0 Å². The number of rotatable bonds is 7. The van der Waals surface area contributed by atoms with Gasteiger partial charge in [-0.1, -0.05) is 43.7 Å². The van der Waals surface area contributed by atoms with Gasteiger partial charge in [0, 0.05) is 11.6 Å². The first kappa shape index (κ1) is 19.2. The summed E-state index contributed by atoms with van der Waals surface area (Å²) in [5, 5.41) is 0.933. The van der Waals surface area contributed by atoms with Gasteiger partial charge >= 0.3 is 5.97 Å². The summed E-state index contributed by atoms with van der Waals surface area (Å²) < 4.78 is 12.3. The first-order valence-electron chi connectivity index (χ1n) is 9.64. The number of hydrogen-bond acceptors (Lipinski definition) is 5. The first-order chi connectivity index (χ1) is 14.2. The van der Waals surface area contributed by atoms with Gasteiger partial charge in [-0.15, -0.1) is 11.3 Å². The summed E-state index contributed by atoms with van der Waals surface area (Å²) in [5.41, 5.74) is 2.46. The molecular formula is C24H21NO3S. The maximum Gasteiger partial charge on any atom is 0.343 e. The molecule has 0 unspecified atom stereocenters. The van der Waals surface area contributed by atoms with Gasteiger partial charge in [0.15, 0.2) is 0 Å². The molecule has 4 nitrogen and oxygen atoms in total. The molecule has 0 fully saturated rings. The molecule has 0 N–H and O–H groups in total. The van der Waals surface area contributed by atoms with Crippen LogP contribution in [-0.2, 0) is 0 Å². The molecule has 0 aliphatic carbocycles. The lowest BCUT2D eigenvalue weighted by molar-refractivity contribution is 0.0734. The Bertz CT molecular complexity index is 1090. The second-order valence-electron chi connectivity index (χ2n) is 6.63. The minimum Gasteiger partial charge on any atom is -0.493 e. The molecule has 0 aliphatic heterocycles. The topological polar surface area (TPSA) is 48.4 Å². The van der Waals surface area contributed by atoms with Gasteiger partial charge in [0.2, 0.25) is 0 Å². The Morgan fingerprint density at radius 1 is 0.966 bits per heavy atom. The van der Waals surface area contributed by atoms with Gasteiger partial charge < -0.3 is 9.47 Å². The second-order valence-corrected chi connectivity index (χ2v) is 7.66. The highest BCUT2D eigenvalue weighted by Gasteiger charge is 2.11. The van der Waals surface area contributed by atoms with Crippen molar-refractivity contribution in [2.24, 2.45) is 0 Å². The summed E-state index contributed by atoms with van der Waals surface area (Å²) in [6, 6.07) is 22.6. The molecule has 0 atom stereocenters. The Hall–Kier alpha value is -3.18. The Labute approximate surface area is 173 Å². The molecule has 4 rings (SSSR count). The van der Waals surface area contributed by atoms with Gasteiger partial charge in [-0.3, -0.25) is 0 Å². The lowest BCUT2D eigenvalue weighted by Crippen LogP contribution is -2.08. The van der Waals surface area contributed by atoms with Crippen molar-refractivity contribution in [3.05, 3.63) is 78.4 Å². The summed E-state index contributed by atoms with van der Waals surface area (Å²) in [6.45, 7) is 2.77. The molecule has 146 valence electrons. The number of para-hydroxylation sites is 1. The molecule has 0 aliphatic rings. The van der Waals surface area contributed by atoms with E-state index in [9.17, 15) is 4.79 Å². The highest BCUT2D eigenvalue weighted by Crippen LogP contribution is 2.30. The largest absolute Gasteiger partial charge is 0.493 e. The first-order valence-corrected chi connectivity index (χ1v) is 10.5. The Kier molecular flexibility index (Phi) is 5.86. The minimum absolute atomic E-state index is 0.397. The molecular weight excluding hydrogens is 382 g/mol. The highest BCUT2D eigenvalue weighted by molar-refractivity contribution is 7.21. The van der Waals surface area contributed by atoms with Crippen LogP contribution >= 0.6 is 11.3 Å². The third-order valence-electron chi connectivity index (χ3n) is 4.44. The van der Waals surface area contributed by atoms with E-state index in [1.807, 2.05) is 42.5 Å². The van der Waals surface area contributed by atoms with Crippen LogP contribution in [0.4, 0.5) is 0 Å². The van der Waals surface area contributed by atoms with Crippen molar-refractivity contribution >= 4 is 27.5 Å². The van der Waals surface area contributed by atoms with Crippen molar-refractivity contribution < 1.29 is 14.3 Å². The number of esters is 1. The van der Waals surface area contributed by atoms with Gasteiger partial charge in [-0.05, 0) is 42.8 Å². The van der Waals surface area contributed by atoms with Crippen LogP contribution in [0.15, 0.2) is 72.8 Å². The molecule has 0 bridgehead atoms. The molecule has 0 saturated heterocycles. The summed E-state index contributed by atoms with van der Waals surface area (Å²) in [6.07, 6.45) is 2.06. The van der Waals surface area contributed by atoms with E-state index in [2.05, 4.69) is 18.0 Å². The van der Waals surface area contributed by atoms with E-state index in [0.29, 0.717) is 23.7 Å². The molecule has 1 heterocycles. The molecule has 0 spiro atoms. The zero-order valence-electron chi connectivity index (χ0n) is 16.1. The Morgan fingerprint density at radius 2 is 1.76 bits per heavy atom. The van der Waals surface area contributed by atoms with Crippen LogP contribution in [-0.4, -0.2) is 17.6 Å². The van der Waals surface area contributed by atoms with E-state index in [1.165, 1.54) is 0 Å². The zero-order valence-corrected chi connectivity index (χ0v) is 16.9. The Morgan fingerprint density at radius 3 is 2.55 bits per heavy atom. The maximum atomic E-state index is 12.5. The van der Waals surface area contributed by atoms with Crippen molar-refractivity contribution in [3.8, 4) is 22.1 Å². The predicted octanol–water partition coefficient (Wildman–Crippen LogP) is 6.36. The Balaban J connectivity index is 1.45. The molecule has 0 amide bonds. The molecule has 0 saturated carbocycles. The van der Waals surface area contributed by atoms with Crippen molar-refractivity contribution in [1.29, 1.82) is 0 Å². The number of hydrogen-bond donors (Lipinski definition) is 0. The van der Waals surface area contributed by atoms with E-state index in [1.54, 1.807) is 35.6 Å². The van der Waals surface area contributed by atoms with E-state index in [0.717, 1.165) is 33.6 Å². The second kappa shape index (κ2) is 8.88. The SMILES string of the molecule is CCCCOc1cccc(OC(=O)c2ccc(-c3nc4ccccc4s3)cc2)c1. The van der Waals surface area contributed by atoms with Gasteiger partial charge in [-0.25, -0.2) is 9.78 Å². The zero-order chi connectivity index (χ0) is 20.1. The van der Waals surface area contributed by atoms with Gasteiger partial charge in [0.1, 0.15) is 16.5 Å². The van der Waals surface area contributed by atoms with E-state index in [-0.39, 0.29) is 0 Å². The van der Waals surface area contributed by atoms with Crippen LogP contribution in [0.2, 0.25) is 0 Å². The summed E-state index contributed by atoms with van der Waals surface area (Å²) in [5.74, 6) is 0.778. The molecule has 3 aromatic carbocycles. The summed E-state index contributed by atoms with van der Waals surface area (Å²) in [7, 11) is 0. The third kappa shape index (κ3) is 4.63. The van der Waals surface area contributed by atoms with Crippen LogP contribution < -0.4 is 9.47 Å². The van der Waals surface area contributed by atoms with Crippen LogP contribution in [0.25, 0.3) is 20.8 Å². The smallest absolute Gasteiger partial charge is 0.343 e.